The summed E-state index contributed by atoms with van der Waals surface area (Å²) in [7, 11) is 0. The Morgan fingerprint density at radius 1 is 1.33 bits per heavy atom. The van der Waals surface area contributed by atoms with E-state index in [0.717, 1.165) is 0 Å². The molecular formula is C5H8N8O2. The molecule has 0 bridgehead atoms. The van der Waals surface area contributed by atoms with Crippen LogP contribution in [0.5, 0.6) is 0 Å². The van der Waals surface area contributed by atoms with E-state index in [1.54, 1.807) is 0 Å². The van der Waals surface area contributed by atoms with Crippen molar-refractivity contribution in [1.82, 2.24) is 9.97 Å². The van der Waals surface area contributed by atoms with Gasteiger partial charge in [0.1, 0.15) is 0 Å². The maximum Gasteiger partial charge on any atom is 0.355 e. The first-order chi connectivity index (χ1) is 6.91. The standard InChI is InChI=1S/C5H8N8O2/c6-2-1(13(14)15)3(11-4(7)8)12-5(9)10-2/h(H8,6,7,8,9,10,11,12). The molecule has 0 aliphatic heterocycles. The van der Waals surface area contributed by atoms with Crippen LogP contribution in [0, 0.1) is 10.1 Å². The van der Waals surface area contributed by atoms with E-state index in [9.17, 15) is 10.1 Å². The number of aliphatic imine (C=N–C) groups is 1. The third-order valence-electron chi connectivity index (χ3n) is 1.33. The van der Waals surface area contributed by atoms with Crippen LogP contribution in [0.4, 0.5) is 23.3 Å². The Bertz CT molecular complexity index is 437. The lowest BCUT2D eigenvalue weighted by Crippen LogP contribution is -2.22. The summed E-state index contributed by atoms with van der Waals surface area (Å²) in [6.45, 7) is 0. The van der Waals surface area contributed by atoms with Crippen molar-refractivity contribution in [2.45, 2.75) is 0 Å². The fraction of sp³-hybridized carbons (Fsp3) is 0. The van der Waals surface area contributed by atoms with Crippen molar-refractivity contribution in [2.75, 3.05) is 11.5 Å². The molecular weight excluding hydrogens is 204 g/mol. The van der Waals surface area contributed by atoms with Gasteiger partial charge in [-0.2, -0.15) is 15.0 Å². The van der Waals surface area contributed by atoms with Crippen molar-refractivity contribution in [2.24, 2.45) is 16.5 Å². The molecule has 10 heteroatoms. The predicted molar refractivity (Wildman–Crippen MR) is 53.0 cm³/mol. The first-order valence-electron chi connectivity index (χ1n) is 3.59. The van der Waals surface area contributed by atoms with Crippen LogP contribution in [-0.4, -0.2) is 20.9 Å². The molecule has 1 rings (SSSR count). The Morgan fingerprint density at radius 3 is 2.40 bits per heavy atom. The van der Waals surface area contributed by atoms with Crippen molar-refractivity contribution in [3.63, 3.8) is 0 Å². The van der Waals surface area contributed by atoms with Crippen LogP contribution in [0.25, 0.3) is 0 Å². The summed E-state index contributed by atoms with van der Waals surface area (Å²) in [6.07, 6.45) is 0. The van der Waals surface area contributed by atoms with Gasteiger partial charge < -0.3 is 22.9 Å². The molecule has 80 valence electrons. The third kappa shape index (κ3) is 2.18. The molecule has 8 N–H and O–H groups in total. The number of nitro groups is 1. The minimum Gasteiger partial charge on any atom is -0.378 e. The number of rotatable bonds is 2. The fourth-order valence-corrected chi connectivity index (χ4v) is 0.853. The van der Waals surface area contributed by atoms with Gasteiger partial charge in [0.15, 0.2) is 5.96 Å². The fourth-order valence-electron chi connectivity index (χ4n) is 0.853. The molecule has 10 nitrogen and oxygen atoms in total. The maximum absolute atomic E-state index is 10.6. The van der Waals surface area contributed by atoms with Crippen LogP contribution >= 0.6 is 0 Å². The molecule has 1 aromatic heterocycles. The van der Waals surface area contributed by atoms with E-state index in [0.29, 0.717) is 0 Å². The minimum absolute atomic E-state index is 0.252. The average Bonchev–Trinajstić information content (AvgIpc) is 1.99. The van der Waals surface area contributed by atoms with E-state index in [2.05, 4.69) is 15.0 Å². The summed E-state index contributed by atoms with van der Waals surface area (Å²) in [5, 5.41) is 10.6. The lowest BCUT2D eigenvalue weighted by molar-refractivity contribution is -0.383. The van der Waals surface area contributed by atoms with Gasteiger partial charge in [-0.05, 0) is 0 Å². The van der Waals surface area contributed by atoms with Gasteiger partial charge in [-0.1, -0.05) is 0 Å². The molecule has 0 unspecified atom stereocenters. The number of aromatic nitrogens is 2. The van der Waals surface area contributed by atoms with Gasteiger partial charge in [-0.25, -0.2) is 0 Å². The van der Waals surface area contributed by atoms with Crippen LogP contribution in [0.2, 0.25) is 0 Å². The molecule has 1 aromatic rings. The molecule has 0 fully saturated rings. The van der Waals surface area contributed by atoms with Gasteiger partial charge in [0, 0.05) is 0 Å². The quantitative estimate of drug-likeness (QED) is 0.196. The normalized spacial score (nSPS) is 9.60. The molecule has 0 spiro atoms. The van der Waals surface area contributed by atoms with Crippen molar-refractivity contribution >= 4 is 29.2 Å². The molecule has 15 heavy (non-hydrogen) atoms. The maximum atomic E-state index is 10.6. The van der Waals surface area contributed by atoms with Gasteiger partial charge in [0.05, 0.1) is 4.92 Å². The summed E-state index contributed by atoms with van der Waals surface area (Å²) < 4.78 is 0. The second-order valence-corrected chi connectivity index (χ2v) is 2.43. The molecule has 0 aromatic carbocycles. The van der Waals surface area contributed by atoms with Crippen molar-refractivity contribution in [3.05, 3.63) is 10.1 Å². The van der Waals surface area contributed by atoms with E-state index in [4.69, 9.17) is 22.9 Å². The summed E-state index contributed by atoms with van der Waals surface area (Å²) in [5.41, 5.74) is 20.0. The summed E-state index contributed by atoms with van der Waals surface area (Å²) in [4.78, 5) is 20.1. The second kappa shape index (κ2) is 3.61. The summed E-state index contributed by atoms with van der Waals surface area (Å²) >= 11 is 0. The number of nitrogens with zero attached hydrogens (tertiary/aromatic N) is 4. The number of anilines is 2. The summed E-state index contributed by atoms with van der Waals surface area (Å²) in [5.74, 6) is -1.41. The Kier molecular flexibility index (Phi) is 2.51. The van der Waals surface area contributed by atoms with E-state index in [1.165, 1.54) is 0 Å². The highest BCUT2D eigenvalue weighted by Crippen LogP contribution is 2.30. The smallest absolute Gasteiger partial charge is 0.355 e. The van der Waals surface area contributed by atoms with Gasteiger partial charge in [0.2, 0.25) is 17.6 Å². The van der Waals surface area contributed by atoms with Crippen LogP contribution < -0.4 is 22.9 Å². The SMILES string of the molecule is NC(N)=Nc1nc(N)nc(N)c1[N+](=O)[O-]. The number of nitrogen functional groups attached to an aromatic ring is 2. The van der Waals surface area contributed by atoms with Crippen molar-refractivity contribution in [1.29, 1.82) is 0 Å². The van der Waals surface area contributed by atoms with Crippen molar-refractivity contribution < 1.29 is 4.92 Å². The van der Waals surface area contributed by atoms with E-state index in [-0.39, 0.29) is 11.8 Å². The topological polar surface area (TPSA) is 185 Å². The van der Waals surface area contributed by atoms with E-state index >= 15 is 0 Å². The number of guanidine groups is 1. The number of hydrogen-bond acceptors (Lipinski definition) is 7. The largest absolute Gasteiger partial charge is 0.378 e. The van der Waals surface area contributed by atoms with E-state index < -0.39 is 22.4 Å². The molecule has 0 aliphatic rings. The Hall–Kier alpha value is -2.65. The first kappa shape index (κ1) is 10.4. The van der Waals surface area contributed by atoms with Gasteiger partial charge in [0.25, 0.3) is 0 Å². The molecule has 0 aliphatic carbocycles. The van der Waals surface area contributed by atoms with Crippen LogP contribution in [0.1, 0.15) is 0 Å². The zero-order valence-electron chi connectivity index (χ0n) is 7.41. The van der Waals surface area contributed by atoms with Crippen molar-refractivity contribution in [3.8, 4) is 0 Å². The predicted octanol–water partition coefficient (Wildman–Crippen LogP) is -1.55. The third-order valence-corrected chi connectivity index (χ3v) is 1.33. The zero-order valence-corrected chi connectivity index (χ0v) is 7.41. The molecule has 0 saturated heterocycles. The van der Waals surface area contributed by atoms with Gasteiger partial charge >= 0.3 is 5.69 Å². The second-order valence-electron chi connectivity index (χ2n) is 2.43. The lowest BCUT2D eigenvalue weighted by atomic mass is 10.4. The van der Waals surface area contributed by atoms with Crippen LogP contribution in [0.15, 0.2) is 4.99 Å². The Labute approximate surface area is 83.1 Å². The lowest BCUT2D eigenvalue weighted by Gasteiger charge is -2.00. The van der Waals surface area contributed by atoms with Crippen LogP contribution in [-0.2, 0) is 0 Å². The molecule has 1 heterocycles. The first-order valence-corrected chi connectivity index (χ1v) is 3.59. The Balaban J connectivity index is 3.47. The highest BCUT2D eigenvalue weighted by atomic mass is 16.6. The molecule has 0 saturated carbocycles. The summed E-state index contributed by atoms with van der Waals surface area (Å²) in [6, 6.07) is 0. The molecule has 0 atom stereocenters. The molecule has 0 amide bonds. The van der Waals surface area contributed by atoms with Gasteiger partial charge in [-0.15, -0.1) is 0 Å². The zero-order chi connectivity index (χ0) is 11.6. The number of hydrogen-bond donors (Lipinski definition) is 4. The Morgan fingerprint density at radius 2 is 1.93 bits per heavy atom. The molecule has 0 radical (unpaired) electrons. The monoisotopic (exact) mass is 212 g/mol. The highest BCUT2D eigenvalue weighted by molar-refractivity contribution is 5.81. The minimum atomic E-state index is -0.795. The van der Waals surface area contributed by atoms with E-state index in [1.807, 2.05) is 0 Å². The van der Waals surface area contributed by atoms with Gasteiger partial charge in [-0.3, -0.25) is 10.1 Å². The average molecular weight is 212 g/mol. The van der Waals surface area contributed by atoms with Crippen LogP contribution in [0.3, 0.4) is 0 Å². The highest BCUT2D eigenvalue weighted by Gasteiger charge is 2.22. The number of nitrogens with two attached hydrogens (primary N) is 4.